The SMILES string of the molecule is Cc1cc(Br)ccc1N=Cc1c(O)n(-c2ccc(F)cc2)c(=O)[nH]c1=O. The number of rotatable bonds is 3. The third-order valence-corrected chi connectivity index (χ3v) is 4.19. The number of aromatic amines is 1. The molecule has 132 valence electrons. The number of aliphatic imine (C=N–C) groups is 1. The number of aryl methyl sites for hydroxylation is 1. The minimum absolute atomic E-state index is 0.184. The zero-order chi connectivity index (χ0) is 18.8. The van der Waals surface area contributed by atoms with Gasteiger partial charge in [-0.3, -0.25) is 14.8 Å². The molecule has 2 N–H and O–H groups in total. The van der Waals surface area contributed by atoms with E-state index in [9.17, 15) is 19.1 Å². The van der Waals surface area contributed by atoms with Crippen LogP contribution in [0.4, 0.5) is 10.1 Å². The maximum absolute atomic E-state index is 13.1. The molecule has 0 radical (unpaired) electrons. The van der Waals surface area contributed by atoms with E-state index < -0.39 is 22.9 Å². The predicted molar refractivity (Wildman–Crippen MR) is 100 cm³/mol. The molecule has 2 aromatic carbocycles. The smallest absolute Gasteiger partial charge is 0.335 e. The highest BCUT2D eigenvalue weighted by Gasteiger charge is 2.14. The molecule has 26 heavy (non-hydrogen) atoms. The number of hydrogen-bond donors (Lipinski definition) is 2. The van der Waals surface area contributed by atoms with Gasteiger partial charge in [0.1, 0.15) is 11.4 Å². The molecule has 0 aliphatic heterocycles. The van der Waals surface area contributed by atoms with Crippen molar-refractivity contribution in [2.45, 2.75) is 6.92 Å². The molecule has 0 saturated carbocycles. The van der Waals surface area contributed by atoms with Crippen LogP contribution in [-0.2, 0) is 0 Å². The van der Waals surface area contributed by atoms with Crippen LogP contribution in [0.2, 0.25) is 0 Å². The fourth-order valence-electron chi connectivity index (χ4n) is 2.38. The van der Waals surface area contributed by atoms with Gasteiger partial charge in [0, 0.05) is 10.7 Å². The molecular formula is C18H13BrFN3O3. The Morgan fingerprint density at radius 2 is 1.88 bits per heavy atom. The minimum atomic E-state index is -0.837. The lowest BCUT2D eigenvalue weighted by Crippen LogP contribution is -2.31. The number of nitrogens with one attached hydrogen (secondary N) is 1. The summed E-state index contributed by atoms with van der Waals surface area (Å²) in [6.07, 6.45) is 1.18. The van der Waals surface area contributed by atoms with Crippen LogP contribution in [0, 0.1) is 12.7 Å². The Bertz CT molecular complexity index is 1120. The second-order valence-electron chi connectivity index (χ2n) is 5.50. The number of aromatic hydroxyl groups is 1. The van der Waals surface area contributed by atoms with E-state index in [2.05, 4.69) is 25.9 Å². The highest BCUT2D eigenvalue weighted by atomic mass is 79.9. The molecule has 3 aromatic rings. The zero-order valence-corrected chi connectivity index (χ0v) is 15.1. The summed E-state index contributed by atoms with van der Waals surface area (Å²) >= 11 is 3.35. The van der Waals surface area contributed by atoms with Gasteiger partial charge in [0.05, 0.1) is 11.4 Å². The van der Waals surface area contributed by atoms with Crippen molar-refractivity contribution in [3.05, 3.63) is 84.7 Å². The predicted octanol–water partition coefficient (Wildman–Crippen LogP) is 3.19. The van der Waals surface area contributed by atoms with Crippen LogP contribution in [0.1, 0.15) is 11.1 Å². The summed E-state index contributed by atoms with van der Waals surface area (Å²) in [5.41, 5.74) is -0.124. The van der Waals surface area contributed by atoms with E-state index in [1.54, 1.807) is 12.1 Å². The van der Waals surface area contributed by atoms with Crippen LogP contribution in [0.3, 0.4) is 0 Å². The van der Waals surface area contributed by atoms with Gasteiger partial charge in [-0.05, 0) is 55.0 Å². The van der Waals surface area contributed by atoms with Crippen molar-refractivity contribution in [2.75, 3.05) is 0 Å². The third kappa shape index (κ3) is 3.50. The lowest BCUT2D eigenvalue weighted by atomic mass is 10.2. The second kappa shape index (κ2) is 7.09. The molecular weight excluding hydrogens is 405 g/mol. The summed E-state index contributed by atoms with van der Waals surface area (Å²) in [6, 6.07) is 10.3. The van der Waals surface area contributed by atoms with Crippen molar-refractivity contribution >= 4 is 27.8 Å². The maximum atomic E-state index is 13.1. The molecule has 6 nitrogen and oxygen atoms in total. The first-order chi connectivity index (χ1) is 12.4. The molecule has 0 fully saturated rings. The van der Waals surface area contributed by atoms with Crippen LogP contribution >= 0.6 is 15.9 Å². The molecule has 1 aromatic heterocycles. The Hall–Kier alpha value is -3.00. The van der Waals surface area contributed by atoms with Crippen LogP contribution in [0.25, 0.3) is 5.69 Å². The summed E-state index contributed by atoms with van der Waals surface area (Å²) < 4.78 is 14.8. The molecule has 0 saturated heterocycles. The number of nitrogens with zero attached hydrogens (tertiary/aromatic N) is 2. The first kappa shape index (κ1) is 17.8. The molecule has 0 aliphatic rings. The molecule has 0 spiro atoms. The molecule has 0 aliphatic carbocycles. The largest absolute Gasteiger partial charge is 0.493 e. The molecule has 0 amide bonds. The summed E-state index contributed by atoms with van der Waals surface area (Å²) in [6.45, 7) is 1.85. The first-order valence-corrected chi connectivity index (χ1v) is 8.30. The molecule has 0 unspecified atom stereocenters. The summed E-state index contributed by atoms with van der Waals surface area (Å²) in [5.74, 6) is -1.07. The van der Waals surface area contributed by atoms with Gasteiger partial charge in [-0.1, -0.05) is 15.9 Å². The summed E-state index contributed by atoms with van der Waals surface area (Å²) in [7, 11) is 0. The summed E-state index contributed by atoms with van der Waals surface area (Å²) in [5, 5.41) is 10.4. The Balaban J connectivity index is 2.12. The van der Waals surface area contributed by atoms with Crippen molar-refractivity contribution in [3.63, 3.8) is 0 Å². The molecule has 1 heterocycles. The van der Waals surface area contributed by atoms with E-state index in [-0.39, 0.29) is 11.3 Å². The van der Waals surface area contributed by atoms with Crippen LogP contribution < -0.4 is 11.2 Å². The van der Waals surface area contributed by atoms with Crippen LogP contribution in [-0.4, -0.2) is 20.9 Å². The topological polar surface area (TPSA) is 87.4 Å². The van der Waals surface area contributed by atoms with Gasteiger partial charge in [0.25, 0.3) is 5.56 Å². The summed E-state index contributed by atoms with van der Waals surface area (Å²) in [4.78, 5) is 30.5. The maximum Gasteiger partial charge on any atom is 0.335 e. The number of benzene rings is 2. The van der Waals surface area contributed by atoms with E-state index in [1.807, 2.05) is 13.0 Å². The third-order valence-electron chi connectivity index (χ3n) is 3.70. The van der Waals surface area contributed by atoms with Crippen molar-refractivity contribution in [3.8, 4) is 11.6 Å². The normalized spacial score (nSPS) is 11.2. The average Bonchev–Trinajstić information content (AvgIpc) is 2.57. The van der Waals surface area contributed by atoms with Crippen molar-refractivity contribution in [1.82, 2.24) is 9.55 Å². The van der Waals surface area contributed by atoms with E-state index in [0.717, 1.165) is 26.7 Å². The average molecular weight is 418 g/mol. The van der Waals surface area contributed by atoms with Crippen LogP contribution in [0.15, 0.2) is 61.5 Å². The standard InChI is InChI=1S/C18H13BrFN3O3/c1-10-8-11(19)2-7-15(10)21-9-14-16(24)22-18(26)23(17(14)25)13-5-3-12(20)4-6-13/h2-9,25H,1H3,(H,22,24,26). The lowest BCUT2D eigenvalue weighted by molar-refractivity contribution is 0.430. The minimum Gasteiger partial charge on any atom is -0.493 e. The van der Waals surface area contributed by atoms with Gasteiger partial charge in [-0.25, -0.2) is 13.8 Å². The molecule has 0 bridgehead atoms. The number of hydrogen-bond acceptors (Lipinski definition) is 4. The van der Waals surface area contributed by atoms with Gasteiger partial charge in [-0.15, -0.1) is 0 Å². The second-order valence-corrected chi connectivity index (χ2v) is 6.41. The quantitative estimate of drug-likeness (QED) is 0.641. The fraction of sp³-hybridized carbons (Fsp3) is 0.0556. The monoisotopic (exact) mass is 417 g/mol. The highest BCUT2D eigenvalue weighted by Crippen LogP contribution is 2.23. The molecule has 3 rings (SSSR count). The van der Waals surface area contributed by atoms with Gasteiger partial charge in [0.15, 0.2) is 0 Å². The number of H-pyrrole nitrogens is 1. The van der Waals surface area contributed by atoms with Gasteiger partial charge < -0.3 is 5.11 Å². The van der Waals surface area contributed by atoms with Gasteiger partial charge in [0.2, 0.25) is 5.88 Å². The Morgan fingerprint density at radius 1 is 1.19 bits per heavy atom. The Kier molecular flexibility index (Phi) is 4.85. The van der Waals surface area contributed by atoms with Crippen molar-refractivity contribution in [1.29, 1.82) is 0 Å². The zero-order valence-electron chi connectivity index (χ0n) is 13.5. The number of aromatic nitrogens is 2. The van der Waals surface area contributed by atoms with Crippen LogP contribution in [0.5, 0.6) is 5.88 Å². The highest BCUT2D eigenvalue weighted by molar-refractivity contribution is 9.10. The lowest BCUT2D eigenvalue weighted by Gasteiger charge is -2.09. The number of halogens is 2. The Morgan fingerprint density at radius 3 is 2.54 bits per heavy atom. The van der Waals surface area contributed by atoms with Gasteiger partial charge in [-0.2, -0.15) is 0 Å². The molecule has 0 atom stereocenters. The first-order valence-electron chi connectivity index (χ1n) is 7.51. The van der Waals surface area contributed by atoms with E-state index in [4.69, 9.17) is 0 Å². The van der Waals surface area contributed by atoms with Crippen molar-refractivity contribution < 1.29 is 9.50 Å². The van der Waals surface area contributed by atoms with E-state index in [1.165, 1.54) is 18.3 Å². The fourth-order valence-corrected chi connectivity index (χ4v) is 2.86. The Labute approximate surface area is 155 Å². The molecule has 8 heteroatoms. The van der Waals surface area contributed by atoms with Crippen molar-refractivity contribution in [2.24, 2.45) is 4.99 Å². The van der Waals surface area contributed by atoms with Gasteiger partial charge >= 0.3 is 5.69 Å². The van der Waals surface area contributed by atoms with E-state index >= 15 is 0 Å². The van der Waals surface area contributed by atoms with E-state index in [0.29, 0.717) is 5.69 Å².